The maximum Gasteiger partial charge on any atom is 0.416 e. The molecule has 0 radical (unpaired) electrons. The molecule has 1 unspecified atom stereocenters. The van der Waals surface area contributed by atoms with Crippen LogP contribution in [0.15, 0.2) is 41.0 Å². The van der Waals surface area contributed by atoms with Crippen LogP contribution < -0.4 is 0 Å². The Bertz CT molecular complexity index is 677. The summed E-state index contributed by atoms with van der Waals surface area (Å²) in [5.41, 5.74) is 0.271. The summed E-state index contributed by atoms with van der Waals surface area (Å²) in [6.07, 6.45) is -5.04. The number of aliphatic hydroxyl groups is 2. The van der Waals surface area contributed by atoms with E-state index >= 15 is 0 Å². The van der Waals surface area contributed by atoms with Crippen molar-refractivity contribution in [2.45, 2.75) is 25.1 Å². The topological polar surface area (TPSA) is 53.4 Å². The number of pyridine rings is 1. The molecule has 2 aromatic rings. The van der Waals surface area contributed by atoms with Gasteiger partial charge in [0.25, 0.3) is 0 Å². The third-order valence-corrected chi connectivity index (χ3v) is 3.83. The number of aromatic nitrogens is 1. The number of hydrogen-bond donors (Lipinski definition) is 2. The van der Waals surface area contributed by atoms with Crippen molar-refractivity contribution in [2.24, 2.45) is 0 Å². The van der Waals surface area contributed by atoms with Crippen molar-refractivity contribution in [1.82, 2.24) is 4.98 Å². The summed E-state index contributed by atoms with van der Waals surface area (Å²) in [7, 11) is 0. The fourth-order valence-corrected chi connectivity index (χ4v) is 2.63. The van der Waals surface area contributed by atoms with Crippen LogP contribution in [0, 0.1) is 0 Å². The van der Waals surface area contributed by atoms with E-state index in [2.05, 4.69) is 20.9 Å². The lowest BCUT2D eigenvalue weighted by atomic mass is 9.94. The van der Waals surface area contributed by atoms with Crippen LogP contribution >= 0.6 is 15.9 Å². The van der Waals surface area contributed by atoms with Crippen molar-refractivity contribution in [2.75, 3.05) is 6.61 Å². The number of alkyl halides is 3. The van der Waals surface area contributed by atoms with E-state index < -0.39 is 17.8 Å². The van der Waals surface area contributed by atoms with Gasteiger partial charge in [0.1, 0.15) is 10.7 Å². The molecule has 0 saturated carbocycles. The molecule has 3 nitrogen and oxygen atoms in total. The quantitative estimate of drug-likeness (QED) is 0.763. The van der Waals surface area contributed by atoms with Crippen molar-refractivity contribution in [3.8, 4) is 0 Å². The SMILES string of the molecule is OCCCc1cc(C(F)(F)F)ccc1C(O)c1cccc(Br)n1. The molecule has 1 aromatic heterocycles. The van der Waals surface area contributed by atoms with Crippen LogP contribution in [0.2, 0.25) is 0 Å². The van der Waals surface area contributed by atoms with Crippen LogP contribution in [0.5, 0.6) is 0 Å². The van der Waals surface area contributed by atoms with E-state index in [-0.39, 0.29) is 13.0 Å². The Hall–Kier alpha value is -1.44. The Morgan fingerprint density at radius 1 is 1.17 bits per heavy atom. The Morgan fingerprint density at radius 2 is 1.91 bits per heavy atom. The van der Waals surface area contributed by atoms with Gasteiger partial charge >= 0.3 is 6.18 Å². The molecule has 23 heavy (non-hydrogen) atoms. The fraction of sp³-hybridized carbons (Fsp3) is 0.312. The maximum atomic E-state index is 12.9. The number of benzene rings is 1. The molecule has 124 valence electrons. The average Bonchev–Trinajstić information content (AvgIpc) is 2.51. The van der Waals surface area contributed by atoms with Crippen LogP contribution in [0.3, 0.4) is 0 Å². The Labute approximate surface area is 139 Å². The molecular formula is C16H15BrF3NO2. The summed E-state index contributed by atoms with van der Waals surface area (Å²) in [5.74, 6) is 0. The second kappa shape index (κ2) is 7.42. The van der Waals surface area contributed by atoms with Crippen molar-refractivity contribution < 1.29 is 23.4 Å². The van der Waals surface area contributed by atoms with Gasteiger partial charge in [-0.15, -0.1) is 0 Å². The van der Waals surface area contributed by atoms with Gasteiger partial charge in [-0.3, -0.25) is 0 Å². The highest BCUT2D eigenvalue weighted by atomic mass is 79.9. The minimum Gasteiger partial charge on any atom is -0.396 e. The minimum absolute atomic E-state index is 0.138. The van der Waals surface area contributed by atoms with Gasteiger partial charge in [-0.05, 0) is 64.2 Å². The largest absolute Gasteiger partial charge is 0.416 e. The smallest absolute Gasteiger partial charge is 0.396 e. The maximum absolute atomic E-state index is 12.9. The first kappa shape index (κ1) is 17.9. The van der Waals surface area contributed by atoms with Crippen molar-refractivity contribution in [1.29, 1.82) is 0 Å². The van der Waals surface area contributed by atoms with Crippen LogP contribution in [-0.4, -0.2) is 21.8 Å². The predicted octanol–water partition coefficient (Wildman–Crippen LogP) is 3.87. The molecule has 1 aromatic carbocycles. The minimum atomic E-state index is -4.45. The zero-order valence-corrected chi connectivity index (χ0v) is 13.6. The average molecular weight is 390 g/mol. The lowest BCUT2D eigenvalue weighted by molar-refractivity contribution is -0.137. The molecule has 0 aliphatic carbocycles. The van der Waals surface area contributed by atoms with Gasteiger partial charge in [0, 0.05) is 6.61 Å². The zero-order valence-electron chi connectivity index (χ0n) is 12.0. The van der Waals surface area contributed by atoms with Crippen LogP contribution in [0.1, 0.15) is 34.9 Å². The molecule has 0 aliphatic rings. The van der Waals surface area contributed by atoms with E-state index in [0.29, 0.717) is 27.8 Å². The highest BCUT2D eigenvalue weighted by Crippen LogP contribution is 2.33. The number of aryl methyl sites for hydroxylation is 1. The van der Waals surface area contributed by atoms with E-state index in [1.54, 1.807) is 18.2 Å². The van der Waals surface area contributed by atoms with Gasteiger partial charge in [-0.1, -0.05) is 12.1 Å². The first-order chi connectivity index (χ1) is 10.8. The second-order valence-electron chi connectivity index (χ2n) is 5.03. The first-order valence-corrected chi connectivity index (χ1v) is 7.73. The van der Waals surface area contributed by atoms with Gasteiger partial charge in [-0.2, -0.15) is 13.2 Å². The standard InChI is InChI=1S/C16H15BrF3NO2/c17-14-5-1-4-13(21-14)15(23)12-7-6-11(16(18,19)20)9-10(12)3-2-8-22/h1,4-7,9,15,22-23H,2-3,8H2. The highest BCUT2D eigenvalue weighted by molar-refractivity contribution is 9.10. The van der Waals surface area contributed by atoms with E-state index in [1.807, 2.05) is 0 Å². The Morgan fingerprint density at radius 3 is 2.52 bits per heavy atom. The highest BCUT2D eigenvalue weighted by Gasteiger charge is 2.31. The lowest BCUT2D eigenvalue weighted by Crippen LogP contribution is -2.11. The Balaban J connectivity index is 2.43. The molecule has 7 heteroatoms. The second-order valence-corrected chi connectivity index (χ2v) is 5.84. The number of nitrogens with zero attached hydrogens (tertiary/aromatic N) is 1. The van der Waals surface area contributed by atoms with E-state index in [0.717, 1.165) is 12.1 Å². The molecule has 1 atom stereocenters. The first-order valence-electron chi connectivity index (χ1n) is 6.94. The molecule has 1 heterocycles. The number of hydrogen-bond acceptors (Lipinski definition) is 3. The summed E-state index contributed by atoms with van der Waals surface area (Å²) in [6.45, 7) is -0.138. The zero-order chi connectivity index (χ0) is 17.0. The fourth-order valence-electron chi connectivity index (χ4n) is 2.27. The summed E-state index contributed by atoms with van der Waals surface area (Å²) in [6, 6.07) is 8.21. The number of aliphatic hydroxyl groups excluding tert-OH is 2. The molecule has 0 spiro atoms. The summed E-state index contributed by atoms with van der Waals surface area (Å²) in [4.78, 5) is 4.14. The molecule has 2 rings (SSSR count). The summed E-state index contributed by atoms with van der Waals surface area (Å²) in [5, 5.41) is 19.4. The normalized spacial score (nSPS) is 13.1. The van der Waals surface area contributed by atoms with E-state index in [9.17, 15) is 18.3 Å². The van der Waals surface area contributed by atoms with Crippen LogP contribution in [-0.2, 0) is 12.6 Å². The van der Waals surface area contributed by atoms with Gasteiger partial charge < -0.3 is 10.2 Å². The number of rotatable bonds is 5. The molecule has 0 saturated heterocycles. The van der Waals surface area contributed by atoms with E-state index in [1.165, 1.54) is 6.07 Å². The third-order valence-electron chi connectivity index (χ3n) is 3.39. The monoisotopic (exact) mass is 389 g/mol. The predicted molar refractivity (Wildman–Crippen MR) is 82.8 cm³/mol. The molecule has 0 fully saturated rings. The summed E-state index contributed by atoms with van der Waals surface area (Å²) < 4.78 is 39.1. The van der Waals surface area contributed by atoms with Gasteiger partial charge in [0.05, 0.1) is 11.3 Å². The van der Waals surface area contributed by atoms with Gasteiger partial charge in [0.2, 0.25) is 0 Å². The van der Waals surface area contributed by atoms with Crippen molar-refractivity contribution in [3.05, 3.63) is 63.4 Å². The van der Waals surface area contributed by atoms with Gasteiger partial charge in [0.15, 0.2) is 0 Å². The van der Waals surface area contributed by atoms with Crippen molar-refractivity contribution >= 4 is 15.9 Å². The summed E-state index contributed by atoms with van der Waals surface area (Å²) >= 11 is 3.20. The lowest BCUT2D eigenvalue weighted by Gasteiger charge is -2.17. The molecular weight excluding hydrogens is 375 g/mol. The third kappa shape index (κ3) is 4.53. The van der Waals surface area contributed by atoms with Crippen LogP contribution in [0.25, 0.3) is 0 Å². The number of halogens is 4. The van der Waals surface area contributed by atoms with Gasteiger partial charge in [-0.25, -0.2) is 4.98 Å². The molecule has 0 aliphatic heterocycles. The molecule has 2 N–H and O–H groups in total. The van der Waals surface area contributed by atoms with E-state index in [4.69, 9.17) is 5.11 Å². The molecule has 0 amide bonds. The van der Waals surface area contributed by atoms with Crippen LogP contribution in [0.4, 0.5) is 13.2 Å². The van der Waals surface area contributed by atoms with Crippen molar-refractivity contribution in [3.63, 3.8) is 0 Å². The Kier molecular flexibility index (Phi) is 5.78. The molecule has 0 bridgehead atoms.